The van der Waals surface area contributed by atoms with Gasteiger partial charge >= 0.3 is 0 Å². The SMILES string of the molecule is COc1ccc(OC[C@@H](O)CN)c(C(C)(C)C)c1. The zero-order chi connectivity index (χ0) is 13.8. The van der Waals surface area contributed by atoms with Crippen LogP contribution >= 0.6 is 0 Å². The molecule has 0 bridgehead atoms. The first-order chi connectivity index (χ1) is 8.38. The molecule has 1 aromatic rings. The van der Waals surface area contributed by atoms with Crippen LogP contribution in [-0.4, -0.2) is 31.5 Å². The second kappa shape index (κ2) is 6.07. The fourth-order valence-corrected chi connectivity index (χ4v) is 1.60. The minimum Gasteiger partial charge on any atom is -0.497 e. The Bertz CT molecular complexity index is 385. The molecule has 0 spiro atoms. The monoisotopic (exact) mass is 253 g/mol. The van der Waals surface area contributed by atoms with E-state index in [4.69, 9.17) is 15.2 Å². The van der Waals surface area contributed by atoms with E-state index in [0.717, 1.165) is 17.1 Å². The lowest BCUT2D eigenvalue weighted by atomic mass is 9.86. The van der Waals surface area contributed by atoms with Gasteiger partial charge in [0.05, 0.1) is 7.11 Å². The number of hydrogen-bond acceptors (Lipinski definition) is 4. The standard InChI is InChI=1S/C14H23NO3/c1-14(2,3)12-7-11(17-4)5-6-13(12)18-9-10(16)8-15/h5-7,10,16H,8-9,15H2,1-4H3/t10-/m0/s1. The second-order valence-electron chi connectivity index (χ2n) is 5.31. The minimum absolute atomic E-state index is 0.0580. The normalized spacial score (nSPS) is 13.2. The summed E-state index contributed by atoms with van der Waals surface area (Å²) >= 11 is 0. The van der Waals surface area contributed by atoms with Crippen molar-refractivity contribution in [3.05, 3.63) is 23.8 Å². The average Bonchev–Trinajstić information content (AvgIpc) is 2.34. The highest BCUT2D eigenvalue weighted by Crippen LogP contribution is 2.34. The highest BCUT2D eigenvalue weighted by molar-refractivity contribution is 5.44. The molecular formula is C14H23NO3. The smallest absolute Gasteiger partial charge is 0.123 e. The van der Waals surface area contributed by atoms with Gasteiger partial charge in [-0.05, 0) is 23.6 Å². The third-order valence-corrected chi connectivity index (χ3v) is 2.70. The molecule has 0 unspecified atom stereocenters. The number of benzene rings is 1. The molecule has 0 heterocycles. The van der Waals surface area contributed by atoms with Gasteiger partial charge in [-0.15, -0.1) is 0 Å². The zero-order valence-corrected chi connectivity index (χ0v) is 11.6. The molecule has 18 heavy (non-hydrogen) atoms. The molecule has 0 saturated heterocycles. The fraction of sp³-hybridized carbons (Fsp3) is 0.571. The second-order valence-corrected chi connectivity index (χ2v) is 5.31. The van der Waals surface area contributed by atoms with Crippen LogP contribution in [0.3, 0.4) is 0 Å². The molecule has 3 N–H and O–H groups in total. The van der Waals surface area contributed by atoms with Gasteiger partial charge < -0.3 is 20.3 Å². The van der Waals surface area contributed by atoms with Crippen LogP contribution in [0.4, 0.5) is 0 Å². The zero-order valence-electron chi connectivity index (χ0n) is 11.6. The van der Waals surface area contributed by atoms with Crippen LogP contribution < -0.4 is 15.2 Å². The molecule has 0 aliphatic rings. The number of rotatable bonds is 5. The van der Waals surface area contributed by atoms with E-state index < -0.39 is 6.10 Å². The summed E-state index contributed by atoms with van der Waals surface area (Å²) in [5.41, 5.74) is 6.34. The van der Waals surface area contributed by atoms with Crippen LogP contribution in [-0.2, 0) is 5.41 Å². The Morgan fingerprint density at radius 1 is 1.33 bits per heavy atom. The van der Waals surface area contributed by atoms with Crippen LogP contribution in [0.25, 0.3) is 0 Å². The van der Waals surface area contributed by atoms with Crippen molar-refractivity contribution in [1.29, 1.82) is 0 Å². The van der Waals surface area contributed by atoms with Crippen molar-refractivity contribution in [2.75, 3.05) is 20.3 Å². The molecule has 0 amide bonds. The number of aliphatic hydroxyl groups excluding tert-OH is 1. The van der Waals surface area contributed by atoms with Gasteiger partial charge in [-0.3, -0.25) is 0 Å². The van der Waals surface area contributed by atoms with Crippen molar-refractivity contribution in [3.8, 4) is 11.5 Å². The van der Waals surface area contributed by atoms with Gasteiger partial charge in [0.2, 0.25) is 0 Å². The highest BCUT2D eigenvalue weighted by Gasteiger charge is 2.20. The summed E-state index contributed by atoms with van der Waals surface area (Å²) in [4.78, 5) is 0. The average molecular weight is 253 g/mol. The number of methoxy groups -OCH3 is 1. The van der Waals surface area contributed by atoms with E-state index in [1.807, 2.05) is 18.2 Å². The maximum absolute atomic E-state index is 9.44. The molecular weight excluding hydrogens is 230 g/mol. The highest BCUT2D eigenvalue weighted by atomic mass is 16.5. The first-order valence-corrected chi connectivity index (χ1v) is 6.08. The maximum Gasteiger partial charge on any atom is 0.123 e. The minimum atomic E-state index is -0.639. The first-order valence-electron chi connectivity index (χ1n) is 6.08. The number of hydrogen-bond donors (Lipinski definition) is 2. The lowest BCUT2D eigenvalue weighted by Gasteiger charge is -2.24. The molecule has 0 fully saturated rings. The van der Waals surface area contributed by atoms with E-state index in [0.29, 0.717) is 0 Å². The molecule has 1 atom stereocenters. The fourth-order valence-electron chi connectivity index (χ4n) is 1.60. The van der Waals surface area contributed by atoms with Crippen LogP contribution in [0.2, 0.25) is 0 Å². The quantitative estimate of drug-likeness (QED) is 0.838. The summed E-state index contributed by atoms with van der Waals surface area (Å²) in [7, 11) is 1.64. The van der Waals surface area contributed by atoms with Crippen molar-refractivity contribution >= 4 is 0 Å². The third-order valence-electron chi connectivity index (χ3n) is 2.70. The molecule has 0 aromatic heterocycles. The predicted molar refractivity (Wildman–Crippen MR) is 72.3 cm³/mol. The lowest BCUT2D eigenvalue weighted by molar-refractivity contribution is 0.113. The van der Waals surface area contributed by atoms with Crippen molar-refractivity contribution in [2.45, 2.75) is 32.3 Å². The number of nitrogens with two attached hydrogens (primary N) is 1. The largest absolute Gasteiger partial charge is 0.497 e. The molecule has 4 nitrogen and oxygen atoms in total. The Hall–Kier alpha value is -1.26. The van der Waals surface area contributed by atoms with Crippen LogP contribution in [0.15, 0.2) is 18.2 Å². The Morgan fingerprint density at radius 2 is 2.00 bits per heavy atom. The summed E-state index contributed by atoms with van der Waals surface area (Å²) in [6.45, 7) is 6.71. The molecule has 0 aliphatic carbocycles. The molecule has 0 radical (unpaired) electrons. The first kappa shape index (κ1) is 14.8. The molecule has 0 saturated carbocycles. The maximum atomic E-state index is 9.44. The van der Waals surface area contributed by atoms with E-state index in [9.17, 15) is 5.11 Å². The van der Waals surface area contributed by atoms with Crippen molar-refractivity contribution in [1.82, 2.24) is 0 Å². The molecule has 1 aromatic carbocycles. The van der Waals surface area contributed by atoms with Gasteiger partial charge in [0.25, 0.3) is 0 Å². The Balaban J connectivity index is 2.96. The van der Waals surface area contributed by atoms with E-state index in [2.05, 4.69) is 20.8 Å². The Kier molecular flexibility index (Phi) is 4.99. The molecule has 4 heteroatoms. The topological polar surface area (TPSA) is 64.7 Å². The van der Waals surface area contributed by atoms with Crippen LogP contribution in [0.5, 0.6) is 11.5 Å². The van der Waals surface area contributed by atoms with Gasteiger partial charge in [-0.25, -0.2) is 0 Å². The predicted octanol–water partition coefficient (Wildman–Crippen LogP) is 1.69. The van der Waals surface area contributed by atoms with E-state index in [-0.39, 0.29) is 18.6 Å². The van der Waals surface area contributed by atoms with Gasteiger partial charge in [-0.2, -0.15) is 0 Å². The number of aliphatic hydroxyl groups is 1. The van der Waals surface area contributed by atoms with E-state index in [1.54, 1.807) is 7.11 Å². The van der Waals surface area contributed by atoms with Gasteiger partial charge in [0.15, 0.2) is 0 Å². The Labute approximate surface area is 109 Å². The van der Waals surface area contributed by atoms with Crippen LogP contribution in [0.1, 0.15) is 26.3 Å². The van der Waals surface area contributed by atoms with E-state index >= 15 is 0 Å². The molecule has 0 aliphatic heterocycles. The van der Waals surface area contributed by atoms with Crippen molar-refractivity contribution < 1.29 is 14.6 Å². The van der Waals surface area contributed by atoms with Crippen molar-refractivity contribution in [3.63, 3.8) is 0 Å². The summed E-state index contributed by atoms with van der Waals surface area (Å²) < 4.78 is 10.9. The van der Waals surface area contributed by atoms with Gasteiger partial charge in [-0.1, -0.05) is 20.8 Å². The summed E-state index contributed by atoms with van der Waals surface area (Å²) in [5, 5.41) is 9.44. The van der Waals surface area contributed by atoms with E-state index in [1.165, 1.54) is 0 Å². The summed E-state index contributed by atoms with van der Waals surface area (Å²) in [6, 6.07) is 5.67. The van der Waals surface area contributed by atoms with Gasteiger partial charge in [0, 0.05) is 12.1 Å². The Morgan fingerprint density at radius 3 is 2.50 bits per heavy atom. The lowest BCUT2D eigenvalue weighted by Crippen LogP contribution is -2.27. The van der Waals surface area contributed by atoms with Gasteiger partial charge in [0.1, 0.15) is 24.2 Å². The number of ether oxygens (including phenoxy) is 2. The van der Waals surface area contributed by atoms with Crippen LogP contribution in [0, 0.1) is 0 Å². The summed E-state index contributed by atoms with van der Waals surface area (Å²) in [5.74, 6) is 1.56. The summed E-state index contributed by atoms with van der Waals surface area (Å²) in [6.07, 6.45) is -0.639. The van der Waals surface area contributed by atoms with Crippen molar-refractivity contribution in [2.24, 2.45) is 5.73 Å². The molecule has 1 rings (SSSR count). The molecule has 102 valence electrons. The third kappa shape index (κ3) is 3.89.